The quantitative estimate of drug-likeness (QED) is 0.884. The molecular weight excluding hydrogens is 330 g/mol. The summed E-state index contributed by atoms with van der Waals surface area (Å²) in [7, 11) is 0. The van der Waals surface area contributed by atoms with E-state index in [9.17, 15) is 4.79 Å². The van der Waals surface area contributed by atoms with Gasteiger partial charge in [-0.15, -0.1) is 11.3 Å². The average molecular weight is 353 g/mol. The number of amides is 1. The second kappa shape index (κ2) is 6.65. The molecule has 2 aliphatic heterocycles. The zero-order valence-corrected chi connectivity index (χ0v) is 15.4. The Labute approximate surface area is 152 Å². The minimum Gasteiger partial charge on any atom is -0.353 e. The lowest BCUT2D eigenvalue weighted by Crippen LogP contribution is -2.43. The van der Waals surface area contributed by atoms with Crippen LogP contribution < -0.4 is 10.6 Å². The highest BCUT2D eigenvalue weighted by molar-refractivity contribution is 7.16. The molecule has 4 rings (SSSR count). The van der Waals surface area contributed by atoms with Gasteiger partial charge in [-0.05, 0) is 37.5 Å². The summed E-state index contributed by atoms with van der Waals surface area (Å²) in [6.45, 7) is 6.43. The number of carbonyl (C=O) groups excluding carboxylic acids is 1. The van der Waals surface area contributed by atoms with Gasteiger partial charge in [-0.1, -0.05) is 36.4 Å². The number of hydrogen-bond acceptors (Lipinski definition) is 4. The SMILES string of the molecule is CC(C)N1CCc2c(sc3c2C(=O)NC(/C=C\c2ccccc2)N3)C1. The van der Waals surface area contributed by atoms with Crippen LogP contribution in [0.1, 0.15) is 40.2 Å². The lowest BCUT2D eigenvalue weighted by Gasteiger charge is -2.30. The molecule has 130 valence electrons. The van der Waals surface area contributed by atoms with Gasteiger partial charge in [0.25, 0.3) is 5.91 Å². The van der Waals surface area contributed by atoms with E-state index in [0.717, 1.165) is 35.6 Å². The Balaban J connectivity index is 1.56. The van der Waals surface area contributed by atoms with Gasteiger partial charge < -0.3 is 10.6 Å². The first-order valence-electron chi connectivity index (χ1n) is 8.81. The van der Waals surface area contributed by atoms with Crippen molar-refractivity contribution in [3.63, 3.8) is 0 Å². The van der Waals surface area contributed by atoms with E-state index in [4.69, 9.17) is 0 Å². The van der Waals surface area contributed by atoms with Crippen molar-refractivity contribution in [2.75, 3.05) is 11.9 Å². The van der Waals surface area contributed by atoms with Gasteiger partial charge in [-0.3, -0.25) is 9.69 Å². The van der Waals surface area contributed by atoms with Crippen LogP contribution in [0.15, 0.2) is 36.4 Å². The largest absolute Gasteiger partial charge is 0.353 e. The van der Waals surface area contributed by atoms with Crippen LogP contribution in [0.5, 0.6) is 0 Å². The minimum atomic E-state index is -0.165. The van der Waals surface area contributed by atoms with Crippen molar-refractivity contribution in [1.82, 2.24) is 10.2 Å². The third-order valence-electron chi connectivity index (χ3n) is 4.90. The predicted molar refractivity (Wildman–Crippen MR) is 104 cm³/mol. The molecule has 0 aliphatic carbocycles. The van der Waals surface area contributed by atoms with Gasteiger partial charge in [-0.2, -0.15) is 0 Å². The fourth-order valence-electron chi connectivity index (χ4n) is 3.46. The molecule has 2 N–H and O–H groups in total. The molecule has 1 aromatic heterocycles. The van der Waals surface area contributed by atoms with Crippen LogP contribution in [-0.4, -0.2) is 29.6 Å². The smallest absolute Gasteiger partial charge is 0.256 e. The Morgan fingerprint density at radius 3 is 2.80 bits per heavy atom. The molecule has 2 aliphatic rings. The molecule has 4 nitrogen and oxygen atoms in total. The maximum absolute atomic E-state index is 12.7. The maximum atomic E-state index is 12.7. The van der Waals surface area contributed by atoms with E-state index in [0.29, 0.717) is 6.04 Å². The van der Waals surface area contributed by atoms with E-state index >= 15 is 0 Å². The van der Waals surface area contributed by atoms with Gasteiger partial charge in [0.2, 0.25) is 0 Å². The van der Waals surface area contributed by atoms with Crippen LogP contribution in [0.4, 0.5) is 5.00 Å². The molecule has 5 heteroatoms. The fraction of sp³-hybridized carbons (Fsp3) is 0.350. The monoisotopic (exact) mass is 353 g/mol. The summed E-state index contributed by atoms with van der Waals surface area (Å²) in [6.07, 6.45) is 4.84. The molecule has 3 heterocycles. The summed E-state index contributed by atoms with van der Waals surface area (Å²) in [5, 5.41) is 7.57. The van der Waals surface area contributed by atoms with Crippen LogP contribution >= 0.6 is 11.3 Å². The Morgan fingerprint density at radius 2 is 2.04 bits per heavy atom. The number of fused-ring (bicyclic) bond motifs is 3. The number of anilines is 1. The van der Waals surface area contributed by atoms with E-state index in [1.54, 1.807) is 11.3 Å². The molecule has 1 amide bonds. The van der Waals surface area contributed by atoms with E-state index in [1.165, 1.54) is 10.4 Å². The zero-order chi connectivity index (χ0) is 17.4. The van der Waals surface area contributed by atoms with Crippen molar-refractivity contribution in [2.24, 2.45) is 0 Å². The topological polar surface area (TPSA) is 44.4 Å². The molecule has 0 saturated carbocycles. The van der Waals surface area contributed by atoms with Crippen molar-refractivity contribution in [2.45, 2.75) is 39.0 Å². The van der Waals surface area contributed by atoms with E-state index in [2.05, 4.69) is 41.5 Å². The van der Waals surface area contributed by atoms with Gasteiger partial charge in [0.15, 0.2) is 0 Å². The van der Waals surface area contributed by atoms with Crippen molar-refractivity contribution in [1.29, 1.82) is 0 Å². The zero-order valence-electron chi connectivity index (χ0n) is 14.6. The number of nitrogens with zero attached hydrogens (tertiary/aromatic N) is 1. The fourth-order valence-corrected chi connectivity index (χ4v) is 4.77. The highest BCUT2D eigenvalue weighted by atomic mass is 32.1. The molecule has 0 radical (unpaired) electrons. The number of carbonyl (C=O) groups is 1. The highest BCUT2D eigenvalue weighted by Crippen LogP contribution is 2.39. The van der Waals surface area contributed by atoms with Gasteiger partial charge >= 0.3 is 0 Å². The Morgan fingerprint density at radius 1 is 1.24 bits per heavy atom. The molecule has 1 aromatic carbocycles. The maximum Gasteiger partial charge on any atom is 0.256 e. The van der Waals surface area contributed by atoms with Crippen molar-refractivity contribution in [3.8, 4) is 0 Å². The normalized spacial score (nSPS) is 20.3. The van der Waals surface area contributed by atoms with Gasteiger partial charge in [0.1, 0.15) is 11.2 Å². The summed E-state index contributed by atoms with van der Waals surface area (Å²) in [5.74, 6) is 0.0481. The van der Waals surface area contributed by atoms with E-state index in [1.807, 2.05) is 30.4 Å². The Kier molecular flexibility index (Phi) is 4.36. The highest BCUT2D eigenvalue weighted by Gasteiger charge is 2.32. The lowest BCUT2D eigenvalue weighted by atomic mass is 10.0. The summed E-state index contributed by atoms with van der Waals surface area (Å²) >= 11 is 1.74. The third kappa shape index (κ3) is 3.22. The van der Waals surface area contributed by atoms with Gasteiger partial charge in [-0.25, -0.2) is 0 Å². The molecule has 0 saturated heterocycles. The molecule has 2 aromatic rings. The predicted octanol–water partition coefficient (Wildman–Crippen LogP) is 3.71. The van der Waals surface area contributed by atoms with Gasteiger partial charge in [0.05, 0.1) is 5.56 Å². The number of thiophene rings is 1. The molecule has 0 bridgehead atoms. The molecule has 0 fully saturated rings. The van der Waals surface area contributed by atoms with Crippen LogP contribution in [0.25, 0.3) is 6.08 Å². The second-order valence-corrected chi connectivity index (χ2v) is 7.99. The molecule has 25 heavy (non-hydrogen) atoms. The van der Waals surface area contributed by atoms with Crippen molar-refractivity contribution < 1.29 is 4.79 Å². The first-order valence-corrected chi connectivity index (χ1v) is 9.62. The van der Waals surface area contributed by atoms with Crippen LogP contribution in [0.3, 0.4) is 0 Å². The molecule has 1 unspecified atom stereocenters. The van der Waals surface area contributed by atoms with Crippen LogP contribution in [0.2, 0.25) is 0 Å². The summed E-state index contributed by atoms with van der Waals surface area (Å²) in [5.41, 5.74) is 3.24. The number of hydrogen-bond donors (Lipinski definition) is 2. The second-order valence-electron chi connectivity index (χ2n) is 6.89. The van der Waals surface area contributed by atoms with E-state index in [-0.39, 0.29) is 12.1 Å². The minimum absolute atomic E-state index is 0.0481. The van der Waals surface area contributed by atoms with Crippen molar-refractivity contribution >= 4 is 28.3 Å². The standard InChI is InChI=1S/C20H23N3OS/c1-13(2)23-11-10-15-16(12-23)25-20-18(15)19(24)21-17(22-20)9-8-14-6-4-3-5-7-14/h3-9,13,17,22H,10-12H2,1-2H3,(H,21,24)/b9-8-. The summed E-state index contributed by atoms with van der Waals surface area (Å²) < 4.78 is 0. The van der Waals surface area contributed by atoms with Gasteiger partial charge in [0, 0.05) is 24.0 Å². The molecule has 0 spiro atoms. The molecular formula is C20H23N3OS. The van der Waals surface area contributed by atoms with Crippen LogP contribution in [0, 0.1) is 0 Å². The Bertz CT molecular complexity index is 810. The first kappa shape index (κ1) is 16.4. The van der Waals surface area contributed by atoms with Crippen molar-refractivity contribution in [3.05, 3.63) is 58.0 Å². The number of rotatable bonds is 3. The molecule has 1 atom stereocenters. The number of benzene rings is 1. The van der Waals surface area contributed by atoms with E-state index < -0.39 is 0 Å². The summed E-state index contributed by atoms with van der Waals surface area (Å²) in [4.78, 5) is 16.5. The van der Waals surface area contributed by atoms with Crippen LogP contribution in [-0.2, 0) is 13.0 Å². The number of nitrogens with one attached hydrogen (secondary N) is 2. The lowest BCUT2D eigenvalue weighted by molar-refractivity contribution is 0.0942. The Hall–Kier alpha value is -2.11. The average Bonchev–Trinajstić information content (AvgIpc) is 2.98. The summed E-state index contributed by atoms with van der Waals surface area (Å²) in [6, 6.07) is 10.7. The third-order valence-corrected chi connectivity index (χ3v) is 6.05. The first-order chi connectivity index (χ1) is 12.1.